The Kier molecular flexibility index (Phi) is 5.08. The van der Waals surface area contributed by atoms with E-state index in [1.54, 1.807) is 0 Å². The van der Waals surface area contributed by atoms with Crippen molar-refractivity contribution in [3.63, 3.8) is 0 Å². The van der Waals surface area contributed by atoms with Crippen molar-refractivity contribution in [3.05, 3.63) is 131 Å². The van der Waals surface area contributed by atoms with Crippen molar-refractivity contribution >= 4 is 23.2 Å². The lowest BCUT2D eigenvalue weighted by Gasteiger charge is -2.39. The van der Waals surface area contributed by atoms with Crippen molar-refractivity contribution in [2.75, 3.05) is 9.80 Å². The van der Waals surface area contributed by atoms with Crippen LogP contribution in [0.2, 0.25) is 0 Å². The van der Waals surface area contributed by atoms with Gasteiger partial charge in [0.1, 0.15) is 0 Å². The van der Waals surface area contributed by atoms with Crippen LogP contribution in [0.3, 0.4) is 0 Å². The average Bonchev–Trinajstić information content (AvgIpc) is 3.28. The van der Waals surface area contributed by atoms with Gasteiger partial charge in [-0.25, -0.2) is 0 Å². The van der Waals surface area contributed by atoms with E-state index in [0.29, 0.717) is 13.1 Å². The second-order valence-corrected chi connectivity index (χ2v) is 10.0. The molecule has 2 aliphatic rings. The molecule has 0 aliphatic carbocycles. The number of carbonyl (C=O) groups excluding carboxylic acids is 2. The molecule has 0 radical (unpaired) electrons. The van der Waals surface area contributed by atoms with E-state index in [2.05, 4.69) is 0 Å². The summed E-state index contributed by atoms with van der Waals surface area (Å²) in [5.74, 6) is -0.0838. The standard InChI is InChI=1S/C32H28N2O2/c1-31(25-17-9-11-19-27(25)33(29(31)35)21-23-13-5-3-6-14-23)32(2)26-18-10-12-20-28(26)34(30(32)36)22-24-15-7-4-8-16-24/h3-20H,21-22H2,1-2H3. The SMILES string of the molecule is CC1(C2(C)C(=O)N(Cc3ccccc3)c3ccccc32)C(=O)N(Cc2ccccc2)c2ccccc21. The van der Waals surface area contributed by atoms with E-state index in [1.807, 2.05) is 133 Å². The first-order valence-corrected chi connectivity index (χ1v) is 12.4. The molecule has 36 heavy (non-hydrogen) atoms. The van der Waals surface area contributed by atoms with Crippen LogP contribution in [0.15, 0.2) is 109 Å². The fourth-order valence-electron chi connectivity index (χ4n) is 6.07. The molecule has 0 saturated heterocycles. The van der Waals surface area contributed by atoms with E-state index < -0.39 is 10.8 Å². The van der Waals surface area contributed by atoms with Crippen LogP contribution in [0.25, 0.3) is 0 Å². The number of fused-ring (bicyclic) bond motifs is 2. The summed E-state index contributed by atoms with van der Waals surface area (Å²) < 4.78 is 0. The quantitative estimate of drug-likeness (QED) is 0.358. The number of amides is 2. The summed E-state index contributed by atoms with van der Waals surface area (Å²) >= 11 is 0. The monoisotopic (exact) mass is 472 g/mol. The van der Waals surface area contributed by atoms with Crippen LogP contribution in [0.1, 0.15) is 36.1 Å². The second kappa shape index (κ2) is 8.20. The maximum Gasteiger partial charge on any atom is 0.239 e. The molecule has 2 amide bonds. The Morgan fingerprint density at radius 3 is 1.22 bits per heavy atom. The van der Waals surface area contributed by atoms with Gasteiger partial charge in [-0.15, -0.1) is 0 Å². The molecule has 0 aromatic heterocycles. The van der Waals surface area contributed by atoms with Crippen LogP contribution >= 0.6 is 0 Å². The van der Waals surface area contributed by atoms with Gasteiger partial charge >= 0.3 is 0 Å². The smallest absolute Gasteiger partial charge is 0.239 e. The van der Waals surface area contributed by atoms with E-state index in [4.69, 9.17) is 0 Å². The van der Waals surface area contributed by atoms with Gasteiger partial charge in [0.05, 0.1) is 23.9 Å². The molecular weight excluding hydrogens is 444 g/mol. The maximum absolute atomic E-state index is 14.5. The molecule has 178 valence electrons. The Morgan fingerprint density at radius 2 is 0.833 bits per heavy atom. The van der Waals surface area contributed by atoms with Crippen molar-refractivity contribution in [2.24, 2.45) is 0 Å². The fourth-order valence-corrected chi connectivity index (χ4v) is 6.07. The topological polar surface area (TPSA) is 40.6 Å². The molecule has 6 rings (SSSR count). The molecule has 4 nitrogen and oxygen atoms in total. The third kappa shape index (κ3) is 3.00. The zero-order valence-electron chi connectivity index (χ0n) is 20.5. The minimum absolute atomic E-state index is 0.0419. The minimum atomic E-state index is -1.06. The van der Waals surface area contributed by atoms with Gasteiger partial charge in [0.2, 0.25) is 11.8 Å². The molecule has 0 fully saturated rings. The highest BCUT2D eigenvalue weighted by molar-refractivity contribution is 6.18. The van der Waals surface area contributed by atoms with Gasteiger partial charge in [-0.1, -0.05) is 97.1 Å². The molecule has 0 saturated carbocycles. The Balaban J connectivity index is 1.49. The van der Waals surface area contributed by atoms with Crippen LogP contribution in [-0.4, -0.2) is 11.8 Å². The first kappa shape index (κ1) is 22.3. The number of rotatable bonds is 5. The molecule has 2 unspecified atom stereocenters. The molecular formula is C32H28N2O2. The van der Waals surface area contributed by atoms with E-state index in [9.17, 15) is 9.59 Å². The average molecular weight is 473 g/mol. The summed E-state index contributed by atoms with van der Waals surface area (Å²) in [6.45, 7) is 4.84. The highest BCUT2D eigenvalue weighted by atomic mass is 16.2. The van der Waals surface area contributed by atoms with Gasteiger partial charge in [-0.05, 0) is 48.2 Å². The Morgan fingerprint density at radius 1 is 0.500 bits per heavy atom. The van der Waals surface area contributed by atoms with Gasteiger partial charge in [0.15, 0.2) is 0 Å². The van der Waals surface area contributed by atoms with Gasteiger partial charge in [0, 0.05) is 11.4 Å². The second-order valence-electron chi connectivity index (χ2n) is 10.0. The van der Waals surface area contributed by atoms with Gasteiger partial charge in [-0.3, -0.25) is 9.59 Å². The predicted molar refractivity (Wildman–Crippen MR) is 143 cm³/mol. The summed E-state index contributed by atoms with van der Waals surface area (Å²) in [4.78, 5) is 32.6. The van der Waals surface area contributed by atoms with Crippen LogP contribution in [0, 0.1) is 0 Å². The van der Waals surface area contributed by atoms with Gasteiger partial charge in [0.25, 0.3) is 0 Å². The number of benzene rings is 4. The zero-order chi connectivity index (χ0) is 24.9. The number of hydrogen-bond donors (Lipinski definition) is 0. The van der Waals surface area contributed by atoms with E-state index in [1.165, 1.54) is 0 Å². The number of carbonyl (C=O) groups is 2. The van der Waals surface area contributed by atoms with Crippen LogP contribution < -0.4 is 9.80 Å². The molecule has 4 heteroatoms. The van der Waals surface area contributed by atoms with Gasteiger partial charge < -0.3 is 9.80 Å². The van der Waals surface area contributed by atoms with Crippen molar-refractivity contribution < 1.29 is 9.59 Å². The fraction of sp³-hybridized carbons (Fsp3) is 0.188. The lowest BCUT2D eigenvalue weighted by Crippen LogP contribution is -2.56. The molecule has 4 aromatic carbocycles. The summed E-state index contributed by atoms with van der Waals surface area (Å²) in [6.07, 6.45) is 0. The van der Waals surface area contributed by atoms with Crippen LogP contribution in [0.5, 0.6) is 0 Å². The van der Waals surface area contributed by atoms with E-state index in [0.717, 1.165) is 33.6 Å². The van der Waals surface area contributed by atoms with Crippen LogP contribution in [-0.2, 0) is 33.5 Å². The van der Waals surface area contributed by atoms with Gasteiger partial charge in [-0.2, -0.15) is 0 Å². The number of para-hydroxylation sites is 2. The largest absolute Gasteiger partial charge is 0.307 e. The van der Waals surface area contributed by atoms with Crippen LogP contribution in [0.4, 0.5) is 11.4 Å². The molecule has 2 atom stereocenters. The normalized spacial score (nSPS) is 22.6. The molecule has 2 aliphatic heterocycles. The maximum atomic E-state index is 14.5. The third-order valence-corrected chi connectivity index (χ3v) is 8.18. The lowest BCUT2D eigenvalue weighted by atomic mass is 9.59. The Hall–Kier alpha value is -4.18. The number of anilines is 2. The predicted octanol–water partition coefficient (Wildman–Crippen LogP) is 6.00. The number of nitrogens with zero attached hydrogens (tertiary/aromatic N) is 2. The molecule has 0 N–H and O–H groups in total. The first-order valence-electron chi connectivity index (χ1n) is 12.4. The minimum Gasteiger partial charge on any atom is -0.307 e. The van der Waals surface area contributed by atoms with Crippen molar-refractivity contribution in [2.45, 2.75) is 37.8 Å². The highest BCUT2D eigenvalue weighted by Gasteiger charge is 2.66. The van der Waals surface area contributed by atoms with E-state index >= 15 is 0 Å². The summed E-state index contributed by atoms with van der Waals surface area (Å²) in [7, 11) is 0. The molecule has 0 bridgehead atoms. The summed E-state index contributed by atoms with van der Waals surface area (Å²) in [5.41, 5.74) is 3.55. The summed E-state index contributed by atoms with van der Waals surface area (Å²) in [5, 5.41) is 0. The summed E-state index contributed by atoms with van der Waals surface area (Å²) in [6, 6.07) is 35.9. The zero-order valence-corrected chi connectivity index (χ0v) is 20.5. The van der Waals surface area contributed by atoms with Crippen molar-refractivity contribution in [3.8, 4) is 0 Å². The first-order chi connectivity index (χ1) is 17.5. The molecule has 4 aromatic rings. The highest BCUT2D eigenvalue weighted by Crippen LogP contribution is 2.58. The third-order valence-electron chi connectivity index (χ3n) is 8.18. The van der Waals surface area contributed by atoms with Crippen molar-refractivity contribution in [1.29, 1.82) is 0 Å². The van der Waals surface area contributed by atoms with Crippen molar-refractivity contribution in [1.82, 2.24) is 0 Å². The Labute approximate surface area is 211 Å². The lowest BCUT2D eigenvalue weighted by molar-refractivity contribution is -0.133. The number of hydrogen-bond acceptors (Lipinski definition) is 2. The Bertz CT molecular complexity index is 1350. The van der Waals surface area contributed by atoms with E-state index in [-0.39, 0.29) is 11.8 Å². The molecule has 0 spiro atoms. The molecule has 2 heterocycles.